The number of phosphoric acid groups is 1. The fourth-order valence-electron chi connectivity index (χ4n) is 0.0866. The van der Waals surface area contributed by atoms with Crippen LogP contribution in [0.5, 0.6) is 0 Å². The molecule has 0 fully saturated rings. The van der Waals surface area contributed by atoms with Crippen LogP contribution in [0, 0.1) is 0 Å². The smallest absolute Gasteiger partial charge is 0.314 e. The van der Waals surface area contributed by atoms with Crippen molar-refractivity contribution in [3.8, 4) is 0 Å². The van der Waals surface area contributed by atoms with Gasteiger partial charge in [0.2, 0.25) is 0 Å². The zero-order chi connectivity index (χ0) is 10.2. The Hall–Kier alpha value is -0.130. The molecule has 0 saturated heterocycles. The van der Waals surface area contributed by atoms with Gasteiger partial charge >= 0.3 is 7.82 Å². The molecule has 76 valence electrons. The molecule has 11 heteroatoms. The summed E-state index contributed by atoms with van der Waals surface area (Å²) in [5.74, 6) is 0. The molecule has 0 aliphatic rings. The summed E-state index contributed by atoms with van der Waals surface area (Å²) in [7, 11) is -4.64. The first-order chi connectivity index (χ1) is 5.35. The maximum absolute atomic E-state index is 8.88. The van der Waals surface area contributed by atoms with Gasteiger partial charge in [-0.15, -0.1) is 0 Å². The molecular weight excluding hydrogens is 197 g/mol. The van der Waals surface area contributed by atoms with Crippen molar-refractivity contribution in [1.82, 2.24) is 16.4 Å². The Morgan fingerprint density at radius 1 is 0.917 bits per heavy atom. The van der Waals surface area contributed by atoms with E-state index in [1.54, 1.807) is 0 Å². The highest BCUT2D eigenvalue weighted by molar-refractivity contribution is 7.45. The van der Waals surface area contributed by atoms with Gasteiger partial charge in [-0.2, -0.15) is 16.4 Å². The second-order valence-electron chi connectivity index (χ2n) is 1.33. The molecule has 0 heterocycles. The fraction of sp³-hybridized carbons (Fsp3) is 1.00. The highest BCUT2D eigenvalue weighted by atomic mass is 31.2. The molecule has 0 amide bonds. The van der Waals surface area contributed by atoms with E-state index in [1.165, 1.54) is 16.4 Å². The molecule has 9 N–H and O–H groups in total. The van der Waals surface area contributed by atoms with Crippen LogP contribution in [0.3, 0.4) is 0 Å². The van der Waals surface area contributed by atoms with Crippen LogP contribution in [0.1, 0.15) is 0 Å². The summed E-state index contributed by atoms with van der Waals surface area (Å²) in [5.41, 5.74) is 4.44. The van der Waals surface area contributed by atoms with E-state index >= 15 is 0 Å². The normalized spacial score (nSPS) is 10.9. The van der Waals surface area contributed by atoms with Gasteiger partial charge in [0.25, 0.3) is 0 Å². The molecule has 0 aromatic rings. The molecule has 0 aliphatic heterocycles. The van der Waals surface area contributed by atoms with Crippen LogP contribution in [0.4, 0.5) is 0 Å². The monoisotopic (exact) mass is 207 g/mol. The first-order valence-corrected chi connectivity index (χ1v) is 3.88. The largest absolute Gasteiger partial charge is 0.466 e. The quantitative estimate of drug-likeness (QED) is 0.134. The first kappa shape index (κ1) is 14.4. The van der Waals surface area contributed by atoms with Crippen molar-refractivity contribution < 1.29 is 34.9 Å². The van der Waals surface area contributed by atoms with E-state index in [2.05, 4.69) is 0 Å². The standard InChI is InChI=1S/CH7N3O3.H3O4P/c5-2-1(3-6)4-7;1-5(2,3)4/h1-7H;(H3,1,2,3,4). The highest BCUT2D eigenvalue weighted by Gasteiger charge is 2.00. The van der Waals surface area contributed by atoms with Crippen molar-refractivity contribution >= 4 is 7.82 Å². The molecule has 0 aliphatic carbocycles. The predicted octanol–water partition coefficient (Wildman–Crippen LogP) is -2.72. The minimum atomic E-state index is -4.64. The molecule has 0 radical (unpaired) electrons. The second kappa shape index (κ2) is 7.52. The Morgan fingerprint density at radius 3 is 1.08 bits per heavy atom. The molecule has 0 rings (SSSR count). The molecule has 0 aromatic heterocycles. The SMILES string of the molecule is O=P(O)(O)O.ONC(NO)NO. The first-order valence-electron chi connectivity index (χ1n) is 2.32. The molecule has 12 heavy (non-hydrogen) atoms. The maximum atomic E-state index is 8.88. The summed E-state index contributed by atoms with van der Waals surface area (Å²) >= 11 is 0. The van der Waals surface area contributed by atoms with Crippen LogP contribution in [0.2, 0.25) is 0 Å². The van der Waals surface area contributed by atoms with Crippen molar-refractivity contribution in [3.05, 3.63) is 0 Å². The van der Waals surface area contributed by atoms with Gasteiger partial charge in [-0.1, -0.05) is 0 Å². The molecule has 0 aromatic carbocycles. The summed E-state index contributed by atoms with van der Waals surface area (Å²) < 4.78 is 8.88. The molecule has 0 unspecified atom stereocenters. The van der Waals surface area contributed by atoms with Gasteiger partial charge in [0, 0.05) is 0 Å². The molecule has 0 saturated carbocycles. The van der Waals surface area contributed by atoms with Crippen LogP contribution in [-0.4, -0.2) is 36.6 Å². The molecule has 0 spiro atoms. The zero-order valence-electron chi connectivity index (χ0n) is 5.62. The third-order valence-electron chi connectivity index (χ3n) is 0.387. The van der Waals surface area contributed by atoms with Gasteiger partial charge in [-0.25, -0.2) is 4.57 Å². The number of hydroxylamine groups is 3. The summed E-state index contributed by atoms with van der Waals surface area (Å²) in [6, 6.07) is 0. The van der Waals surface area contributed by atoms with Crippen molar-refractivity contribution in [2.24, 2.45) is 0 Å². The molecule has 0 bridgehead atoms. The maximum Gasteiger partial charge on any atom is 0.466 e. The van der Waals surface area contributed by atoms with Crippen molar-refractivity contribution in [1.29, 1.82) is 0 Å². The van der Waals surface area contributed by atoms with Crippen LogP contribution in [0.25, 0.3) is 0 Å². The van der Waals surface area contributed by atoms with Gasteiger partial charge in [-0.05, 0) is 0 Å². The lowest BCUT2D eigenvalue weighted by Crippen LogP contribution is -2.48. The molecule has 10 nitrogen and oxygen atoms in total. The van der Waals surface area contributed by atoms with Crippen LogP contribution in [0.15, 0.2) is 0 Å². The predicted molar refractivity (Wildman–Crippen MR) is 32.8 cm³/mol. The van der Waals surface area contributed by atoms with E-state index in [0.29, 0.717) is 0 Å². The summed E-state index contributed by atoms with van der Waals surface area (Å²) in [5, 5.41) is 23.5. The van der Waals surface area contributed by atoms with Crippen LogP contribution in [-0.2, 0) is 4.57 Å². The van der Waals surface area contributed by atoms with E-state index < -0.39 is 14.1 Å². The Balaban J connectivity index is 0. The Labute approximate surface area is 66.6 Å². The van der Waals surface area contributed by atoms with Gasteiger partial charge in [0.1, 0.15) is 0 Å². The number of rotatable bonds is 3. The third-order valence-corrected chi connectivity index (χ3v) is 0.387. The van der Waals surface area contributed by atoms with Gasteiger partial charge in [-0.3, -0.25) is 0 Å². The Kier molecular flexibility index (Phi) is 9.02. The number of hydrogen-bond donors (Lipinski definition) is 9. The minimum absolute atomic E-state index is 1.10. The second-order valence-corrected chi connectivity index (χ2v) is 2.36. The fourth-order valence-corrected chi connectivity index (χ4v) is 0.0866. The van der Waals surface area contributed by atoms with E-state index in [0.717, 1.165) is 0 Å². The zero-order valence-corrected chi connectivity index (χ0v) is 6.51. The van der Waals surface area contributed by atoms with Crippen molar-refractivity contribution in [2.75, 3.05) is 0 Å². The Bertz CT molecular complexity index is 117. The van der Waals surface area contributed by atoms with Gasteiger partial charge in [0.15, 0.2) is 6.29 Å². The van der Waals surface area contributed by atoms with E-state index in [-0.39, 0.29) is 0 Å². The van der Waals surface area contributed by atoms with E-state index in [4.69, 9.17) is 34.9 Å². The third kappa shape index (κ3) is 22.5. The average molecular weight is 207 g/mol. The van der Waals surface area contributed by atoms with Crippen molar-refractivity contribution in [2.45, 2.75) is 6.29 Å². The van der Waals surface area contributed by atoms with Gasteiger partial charge in [0.05, 0.1) is 0 Å². The van der Waals surface area contributed by atoms with Crippen LogP contribution < -0.4 is 16.4 Å². The summed E-state index contributed by atoms with van der Waals surface area (Å²) in [6.45, 7) is 0. The molecular formula is CH10N3O7P. The van der Waals surface area contributed by atoms with E-state index in [1.807, 2.05) is 0 Å². The lowest BCUT2D eigenvalue weighted by Gasteiger charge is -2.07. The average Bonchev–Trinajstić information content (AvgIpc) is 1.88. The number of hydrogen-bond acceptors (Lipinski definition) is 7. The molecule has 0 atom stereocenters. The van der Waals surface area contributed by atoms with Gasteiger partial charge < -0.3 is 30.3 Å². The highest BCUT2D eigenvalue weighted by Crippen LogP contribution is 2.25. The lowest BCUT2D eigenvalue weighted by atomic mass is 11.0. The summed E-state index contributed by atoms with van der Waals surface area (Å²) in [6.07, 6.45) is -1.10. The topological polar surface area (TPSA) is 175 Å². The van der Waals surface area contributed by atoms with E-state index in [9.17, 15) is 0 Å². The minimum Gasteiger partial charge on any atom is -0.314 e. The summed E-state index contributed by atoms with van der Waals surface area (Å²) in [4.78, 5) is 21.6. The number of nitrogens with one attached hydrogen (secondary N) is 3. The Morgan fingerprint density at radius 2 is 1.08 bits per heavy atom. The van der Waals surface area contributed by atoms with Crippen LogP contribution >= 0.6 is 7.82 Å². The van der Waals surface area contributed by atoms with Crippen molar-refractivity contribution in [3.63, 3.8) is 0 Å². The lowest BCUT2D eigenvalue weighted by molar-refractivity contribution is -0.0491.